The quantitative estimate of drug-likeness (QED) is 0.609. The minimum atomic E-state index is -0.222. The fraction of sp³-hybridized carbons (Fsp3) is 0.333. The molecule has 0 aliphatic rings. The zero-order valence-electron chi connectivity index (χ0n) is 11.2. The maximum Gasteiger partial charge on any atom is 0.254 e. The number of H-pyrrole nitrogens is 1. The van der Waals surface area contributed by atoms with Crippen LogP contribution in [-0.4, -0.2) is 39.4 Å². The highest BCUT2D eigenvalue weighted by Gasteiger charge is 2.08. The first-order valence-electron chi connectivity index (χ1n) is 5.89. The van der Waals surface area contributed by atoms with Crippen LogP contribution in [0.5, 0.6) is 0 Å². The van der Waals surface area contributed by atoms with Crippen molar-refractivity contribution in [2.75, 3.05) is 13.4 Å². The number of nitrogens with zero attached hydrogens (tertiary/aromatic N) is 3. The molecule has 8 heteroatoms. The summed E-state index contributed by atoms with van der Waals surface area (Å²) in [7, 11) is 1.61. The second-order valence-corrected chi connectivity index (χ2v) is 4.73. The van der Waals surface area contributed by atoms with Gasteiger partial charge in [-0.05, 0) is 12.3 Å². The van der Waals surface area contributed by atoms with E-state index in [1.807, 2.05) is 12.3 Å². The topological polar surface area (TPSA) is 92.8 Å². The lowest BCUT2D eigenvalue weighted by Gasteiger charge is -2.03. The van der Waals surface area contributed by atoms with Crippen LogP contribution in [0.25, 0.3) is 0 Å². The minimum Gasteiger partial charge on any atom is -0.378 e. The summed E-state index contributed by atoms with van der Waals surface area (Å²) in [6.45, 7) is 0.800. The Bertz CT molecular complexity index is 569. The number of thioether (sulfide) groups is 1. The second kappa shape index (κ2) is 7.01. The summed E-state index contributed by atoms with van der Waals surface area (Å²) in [6, 6.07) is 1.84. The minimum absolute atomic E-state index is 0.222. The number of nitrogens with one attached hydrogen (secondary N) is 2. The molecular formula is C12H15N5O2S. The van der Waals surface area contributed by atoms with Crippen LogP contribution in [0.1, 0.15) is 21.7 Å². The van der Waals surface area contributed by atoms with Crippen LogP contribution in [0.3, 0.4) is 0 Å². The van der Waals surface area contributed by atoms with Crippen molar-refractivity contribution in [1.29, 1.82) is 0 Å². The highest BCUT2D eigenvalue weighted by atomic mass is 32.2. The molecule has 0 aromatic carbocycles. The summed E-state index contributed by atoms with van der Waals surface area (Å²) >= 11 is 1.43. The highest BCUT2D eigenvalue weighted by Crippen LogP contribution is 2.07. The number of hydrogen-bond acceptors (Lipinski definition) is 6. The molecular weight excluding hydrogens is 278 g/mol. The number of rotatable bonds is 6. The predicted molar refractivity (Wildman–Crippen MR) is 74.3 cm³/mol. The molecule has 0 saturated carbocycles. The van der Waals surface area contributed by atoms with Crippen molar-refractivity contribution < 1.29 is 9.53 Å². The molecule has 0 bridgehead atoms. The van der Waals surface area contributed by atoms with Crippen molar-refractivity contribution in [2.45, 2.75) is 18.3 Å². The summed E-state index contributed by atoms with van der Waals surface area (Å²) < 4.78 is 4.97. The molecule has 106 valence electrons. The maximum absolute atomic E-state index is 11.9. The van der Waals surface area contributed by atoms with Crippen LogP contribution in [0, 0.1) is 0 Å². The number of amides is 1. The van der Waals surface area contributed by atoms with E-state index in [2.05, 4.69) is 25.5 Å². The Morgan fingerprint density at radius 2 is 2.20 bits per heavy atom. The van der Waals surface area contributed by atoms with Gasteiger partial charge in [-0.15, -0.1) is 0 Å². The lowest BCUT2D eigenvalue weighted by molar-refractivity contribution is 0.0949. The summed E-state index contributed by atoms with van der Waals surface area (Å²) in [4.78, 5) is 20.0. The fourth-order valence-corrected chi connectivity index (χ4v) is 1.85. The molecule has 7 nitrogen and oxygen atoms in total. The first kappa shape index (κ1) is 14.5. The van der Waals surface area contributed by atoms with Gasteiger partial charge in [0.15, 0.2) is 5.16 Å². The van der Waals surface area contributed by atoms with Gasteiger partial charge in [0.1, 0.15) is 0 Å². The van der Waals surface area contributed by atoms with Crippen LogP contribution in [0.4, 0.5) is 0 Å². The molecule has 0 aliphatic heterocycles. The van der Waals surface area contributed by atoms with Gasteiger partial charge in [-0.1, -0.05) is 11.8 Å². The zero-order chi connectivity index (χ0) is 14.4. The van der Waals surface area contributed by atoms with Gasteiger partial charge in [-0.3, -0.25) is 9.89 Å². The molecule has 0 radical (unpaired) electrons. The summed E-state index contributed by atoms with van der Waals surface area (Å²) in [6.07, 6.45) is 4.90. The number of hydrogen-bond donors (Lipinski definition) is 2. The molecule has 2 aromatic rings. The Morgan fingerprint density at radius 1 is 1.45 bits per heavy atom. The van der Waals surface area contributed by atoms with Gasteiger partial charge in [0.25, 0.3) is 5.91 Å². The van der Waals surface area contributed by atoms with Gasteiger partial charge in [-0.25, -0.2) is 9.97 Å². The van der Waals surface area contributed by atoms with Gasteiger partial charge >= 0.3 is 0 Å². The molecule has 2 aromatic heterocycles. The number of aromatic amines is 1. The Labute approximate surface area is 120 Å². The second-order valence-electron chi connectivity index (χ2n) is 3.96. The molecule has 0 unspecified atom stereocenters. The number of ether oxygens (including phenoxy) is 1. The SMILES string of the molecule is COCc1cc(CNC(=O)c2cnc(SC)nc2)[nH]n1. The summed E-state index contributed by atoms with van der Waals surface area (Å²) in [5, 5.41) is 10.3. The van der Waals surface area contributed by atoms with Gasteiger partial charge in [0, 0.05) is 19.5 Å². The highest BCUT2D eigenvalue weighted by molar-refractivity contribution is 7.98. The van der Waals surface area contributed by atoms with E-state index >= 15 is 0 Å². The Kier molecular flexibility index (Phi) is 5.08. The third-order valence-electron chi connectivity index (χ3n) is 2.49. The summed E-state index contributed by atoms with van der Waals surface area (Å²) in [5.41, 5.74) is 2.04. The van der Waals surface area contributed by atoms with Crippen LogP contribution < -0.4 is 5.32 Å². The van der Waals surface area contributed by atoms with E-state index in [-0.39, 0.29) is 5.91 Å². The van der Waals surface area contributed by atoms with Crippen molar-refractivity contribution in [1.82, 2.24) is 25.5 Å². The average Bonchev–Trinajstić information content (AvgIpc) is 2.93. The van der Waals surface area contributed by atoms with Crippen LogP contribution in [0.15, 0.2) is 23.6 Å². The van der Waals surface area contributed by atoms with Gasteiger partial charge < -0.3 is 10.1 Å². The average molecular weight is 293 g/mol. The fourth-order valence-electron chi connectivity index (χ4n) is 1.54. The van der Waals surface area contributed by atoms with Gasteiger partial charge in [-0.2, -0.15) is 5.10 Å². The van der Waals surface area contributed by atoms with Crippen LogP contribution in [-0.2, 0) is 17.9 Å². The standard InChI is InChI=1S/C12H15N5O2S/c1-19-7-10-3-9(16-17-10)6-13-11(18)8-4-14-12(20-2)15-5-8/h3-5H,6-7H2,1-2H3,(H,13,18)(H,16,17). The number of carbonyl (C=O) groups is 1. The van der Waals surface area contributed by atoms with E-state index in [4.69, 9.17) is 4.74 Å². The first-order chi connectivity index (χ1) is 9.72. The zero-order valence-corrected chi connectivity index (χ0v) is 12.0. The molecule has 2 heterocycles. The van der Waals surface area contributed by atoms with Crippen LogP contribution in [0.2, 0.25) is 0 Å². The molecule has 0 fully saturated rings. The Hall–Kier alpha value is -1.93. The van der Waals surface area contributed by atoms with E-state index < -0.39 is 0 Å². The van der Waals surface area contributed by atoms with Crippen molar-refractivity contribution in [3.05, 3.63) is 35.4 Å². The van der Waals surface area contributed by atoms with E-state index in [9.17, 15) is 4.79 Å². The third kappa shape index (κ3) is 3.78. The predicted octanol–water partition coefficient (Wildman–Crippen LogP) is 0.998. The van der Waals surface area contributed by atoms with Crippen molar-refractivity contribution in [3.8, 4) is 0 Å². The largest absolute Gasteiger partial charge is 0.378 e. The Morgan fingerprint density at radius 3 is 2.85 bits per heavy atom. The maximum atomic E-state index is 11.9. The smallest absolute Gasteiger partial charge is 0.254 e. The molecule has 1 amide bonds. The third-order valence-corrected chi connectivity index (χ3v) is 3.06. The van der Waals surface area contributed by atoms with Crippen molar-refractivity contribution in [3.63, 3.8) is 0 Å². The monoisotopic (exact) mass is 293 g/mol. The normalized spacial score (nSPS) is 10.5. The number of carbonyl (C=O) groups excluding carboxylic acids is 1. The number of methoxy groups -OCH3 is 1. The Balaban J connectivity index is 1.90. The first-order valence-corrected chi connectivity index (χ1v) is 7.11. The molecule has 2 rings (SSSR count). The van der Waals surface area contributed by atoms with Gasteiger partial charge in [0.2, 0.25) is 0 Å². The summed E-state index contributed by atoms with van der Waals surface area (Å²) in [5.74, 6) is -0.222. The molecule has 0 saturated heterocycles. The molecule has 0 aliphatic carbocycles. The van der Waals surface area contributed by atoms with Crippen LogP contribution >= 0.6 is 11.8 Å². The molecule has 20 heavy (non-hydrogen) atoms. The molecule has 2 N–H and O–H groups in total. The van der Waals surface area contributed by atoms with Crippen molar-refractivity contribution in [2.24, 2.45) is 0 Å². The van der Waals surface area contributed by atoms with E-state index in [0.29, 0.717) is 23.9 Å². The lowest BCUT2D eigenvalue weighted by atomic mass is 10.3. The molecule has 0 atom stereocenters. The van der Waals surface area contributed by atoms with E-state index in [1.165, 1.54) is 24.2 Å². The number of aromatic nitrogens is 4. The van der Waals surface area contributed by atoms with E-state index in [0.717, 1.165) is 11.4 Å². The van der Waals surface area contributed by atoms with E-state index in [1.54, 1.807) is 7.11 Å². The van der Waals surface area contributed by atoms with Gasteiger partial charge in [0.05, 0.1) is 30.1 Å². The lowest BCUT2D eigenvalue weighted by Crippen LogP contribution is -2.23. The molecule has 0 spiro atoms. The van der Waals surface area contributed by atoms with Crippen molar-refractivity contribution >= 4 is 17.7 Å².